The first-order valence-corrected chi connectivity index (χ1v) is 6.10. The van der Waals surface area contributed by atoms with Crippen LogP contribution in [0.5, 0.6) is 0 Å². The summed E-state index contributed by atoms with van der Waals surface area (Å²) in [4.78, 5) is 11.9. The zero-order valence-corrected chi connectivity index (χ0v) is 9.89. The van der Waals surface area contributed by atoms with E-state index in [-0.39, 0.29) is 12.4 Å². The largest absolute Gasteiger partial charge is 0.469 e. The highest BCUT2D eigenvalue weighted by Crippen LogP contribution is 2.14. The molecule has 0 saturated heterocycles. The Morgan fingerprint density at radius 1 is 1.47 bits per heavy atom. The Hall–Kier alpha value is -1.16. The van der Waals surface area contributed by atoms with Crippen molar-refractivity contribution in [3.8, 4) is 0 Å². The van der Waals surface area contributed by atoms with Crippen molar-refractivity contribution in [3.63, 3.8) is 0 Å². The molecular formula is C11H14O3S. The van der Waals surface area contributed by atoms with E-state index < -0.39 is 10.8 Å². The van der Waals surface area contributed by atoms with Crippen molar-refractivity contribution in [2.75, 3.05) is 13.4 Å². The van der Waals surface area contributed by atoms with E-state index in [9.17, 15) is 9.00 Å². The van der Waals surface area contributed by atoms with Crippen LogP contribution < -0.4 is 0 Å². The van der Waals surface area contributed by atoms with Crippen LogP contribution >= 0.6 is 0 Å². The van der Waals surface area contributed by atoms with Crippen LogP contribution in [0.2, 0.25) is 0 Å². The number of esters is 1. The third-order valence-corrected chi connectivity index (χ3v) is 3.13. The molecule has 82 valence electrons. The number of benzene rings is 1. The van der Waals surface area contributed by atoms with E-state index >= 15 is 0 Å². The van der Waals surface area contributed by atoms with E-state index in [0.29, 0.717) is 0 Å². The highest BCUT2D eigenvalue weighted by molar-refractivity contribution is 7.84. The van der Waals surface area contributed by atoms with Crippen LogP contribution in [0.25, 0.3) is 0 Å². The van der Waals surface area contributed by atoms with Crippen LogP contribution in [0.15, 0.2) is 23.1 Å². The number of rotatable bonds is 3. The Morgan fingerprint density at radius 3 is 2.67 bits per heavy atom. The Kier molecular flexibility index (Phi) is 4.03. The van der Waals surface area contributed by atoms with Crippen LogP contribution in [-0.2, 0) is 26.8 Å². The summed E-state index contributed by atoms with van der Waals surface area (Å²) in [5.74, 6) is -0.280. The lowest BCUT2D eigenvalue weighted by Gasteiger charge is -2.06. The lowest BCUT2D eigenvalue weighted by atomic mass is 10.1. The Bertz CT molecular complexity index is 399. The summed E-state index contributed by atoms with van der Waals surface area (Å²) < 4.78 is 15.9. The monoisotopic (exact) mass is 226 g/mol. The van der Waals surface area contributed by atoms with E-state index in [1.54, 1.807) is 12.3 Å². The Labute approximate surface area is 91.9 Å². The molecule has 0 N–H and O–H groups in total. The number of ether oxygens (including phenoxy) is 1. The van der Waals surface area contributed by atoms with Gasteiger partial charge < -0.3 is 4.74 Å². The molecule has 0 bridgehead atoms. The van der Waals surface area contributed by atoms with Crippen LogP contribution in [0.4, 0.5) is 0 Å². The highest BCUT2D eigenvalue weighted by Gasteiger charge is 2.07. The minimum atomic E-state index is -1.02. The van der Waals surface area contributed by atoms with Gasteiger partial charge in [0, 0.05) is 22.0 Å². The average molecular weight is 226 g/mol. The van der Waals surface area contributed by atoms with Gasteiger partial charge in [0.2, 0.25) is 0 Å². The second-order valence-corrected chi connectivity index (χ2v) is 4.67. The van der Waals surface area contributed by atoms with Gasteiger partial charge in [0.05, 0.1) is 13.5 Å². The molecular weight excluding hydrogens is 212 g/mol. The topological polar surface area (TPSA) is 43.4 Å². The second-order valence-electron chi connectivity index (χ2n) is 3.30. The minimum absolute atomic E-state index is 0.230. The van der Waals surface area contributed by atoms with Crippen molar-refractivity contribution in [3.05, 3.63) is 29.3 Å². The minimum Gasteiger partial charge on any atom is -0.469 e. The van der Waals surface area contributed by atoms with E-state index in [1.165, 1.54) is 7.11 Å². The van der Waals surface area contributed by atoms with Crippen LogP contribution in [0, 0.1) is 6.92 Å². The molecule has 3 nitrogen and oxygen atoms in total. The number of aryl methyl sites for hydroxylation is 1. The second kappa shape index (κ2) is 5.07. The molecule has 0 aliphatic heterocycles. The van der Waals surface area contributed by atoms with Crippen molar-refractivity contribution in [2.45, 2.75) is 18.2 Å². The average Bonchev–Trinajstić information content (AvgIpc) is 2.20. The van der Waals surface area contributed by atoms with Crippen LogP contribution in [0.1, 0.15) is 11.1 Å². The van der Waals surface area contributed by atoms with Crippen molar-refractivity contribution in [2.24, 2.45) is 0 Å². The van der Waals surface area contributed by atoms with Crippen molar-refractivity contribution in [1.29, 1.82) is 0 Å². The first kappa shape index (κ1) is 11.9. The smallest absolute Gasteiger partial charge is 0.309 e. The SMILES string of the molecule is COC(=O)Cc1cc(S(C)=O)ccc1C. The maximum Gasteiger partial charge on any atom is 0.309 e. The van der Waals surface area contributed by atoms with Gasteiger partial charge in [0.1, 0.15) is 0 Å². The Morgan fingerprint density at radius 2 is 2.13 bits per heavy atom. The number of carbonyl (C=O) groups is 1. The van der Waals surface area contributed by atoms with E-state index in [1.807, 2.05) is 19.1 Å². The van der Waals surface area contributed by atoms with Crippen molar-refractivity contribution in [1.82, 2.24) is 0 Å². The van der Waals surface area contributed by atoms with Gasteiger partial charge in [-0.15, -0.1) is 0 Å². The molecule has 0 saturated carbocycles. The quantitative estimate of drug-likeness (QED) is 0.733. The third kappa shape index (κ3) is 3.16. The van der Waals surface area contributed by atoms with Crippen LogP contribution in [0.3, 0.4) is 0 Å². The fourth-order valence-electron chi connectivity index (χ4n) is 1.24. The summed E-state index contributed by atoms with van der Waals surface area (Å²) in [6, 6.07) is 5.48. The molecule has 1 rings (SSSR count). The molecule has 0 radical (unpaired) electrons. The fraction of sp³-hybridized carbons (Fsp3) is 0.364. The lowest BCUT2D eigenvalue weighted by Crippen LogP contribution is -2.06. The van der Waals surface area contributed by atoms with Gasteiger partial charge in [-0.05, 0) is 30.2 Å². The molecule has 1 aromatic rings. The number of methoxy groups -OCH3 is 1. The van der Waals surface area contributed by atoms with Gasteiger partial charge in [-0.25, -0.2) is 0 Å². The van der Waals surface area contributed by atoms with Crippen molar-refractivity contribution < 1.29 is 13.7 Å². The molecule has 1 atom stereocenters. The first-order chi connectivity index (χ1) is 7.04. The summed E-state index contributed by atoms with van der Waals surface area (Å²) in [5, 5.41) is 0. The predicted molar refractivity (Wildman–Crippen MR) is 59.2 cm³/mol. The highest BCUT2D eigenvalue weighted by atomic mass is 32.2. The molecule has 1 unspecified atom stereocenters. The van der Waals surface area contributed by atoms with Crippen LogP contribution in [-0.4, -0.2) is 23.5 Å². The summed E-state index contributed by atoms with van der Waals surface area (Å²) in [6.07, 6.45) is 1.85. The molecule has 0 amide bonds. The molecule has 0 aliphatic carbocycles. The van der Waals surface area contributed by atoms with E-state index in [4.69, 9.17) is 0 Å². The summed E-state index contributed by atoms with van der Waals surface area (Å²) in [5.41, 5.74) is 1.88. The normalized spacial score (nSPS) is 12.2. The first-order valence-electron chi connectivity index (χ1n) is 4.54. The number of hydrogen-bond donors (Lipinski definition) is 0. The van der Waals surface area contributed by atoms with Gasteiger partial charge in [-0.3, -0.25) is 9.00 Å². The molecule has 0 fully saturated rings. The molecule has 0 aliphatic rings. The molecule has 15 heavy (non-hydrogen) atoms. The van der Waals surface area contributed by atoms with E-state index in [2.05, 4.69) is 4.74 Å². The zero-order chi connectivity index (χ0) is 11.4. The van der Waals surface area contributed by atoms with Gasteiger partial charge in [0.15, 0.2) is 0 Å². The Balaban J connectivity index is 3.00. The van der Waals surface area contributed by atoms with Gasteiger partial charge in [-0.2, -0.15) is 0 Å². The van der Waals surface area contributed by atoms with Crippen molar-refractivity contribution >= 4 is 16.8 Å². The van der Waals surface area contributed by atoms with E-state index in [0.717, 1.165) is 16.0 Å². The predicted octanol–water partition coefficient (Wildman–Crippen LogP) is 1.45. The summed E-state index contributed by atoms with van der Waals surface area (Å²) in [7, 11) is 0.344. The number of carbonyl (C=O) groups excluding carboxylic acids is 1. The molecule has 0 spiro atoms. The summed E-state index contributed by atoms with van der Waals surface area (Å²) in [6.45, 7) is 1.92. The number of hydrogen-bond acceptors (Lipinski definition) is 3. The zero-order valence-electron chi connectivity index (χ0n) is 9.07. The fourth-order valence-corrected chi connectivity index (χ4v) is 1.81. The molecule has 4 heteroatoms. The molecule has 0 aromatic heterocycles. The van der Waals surface area contributed by atoms with Gasteiger partial charge in [-0.1, -0.05) is 6.07 Å². The maximum atomic E-state index is 11.3. The van der Waals surface area contributed by atoms with Gasteiger partial charge in [0.25, 0.3) is 0 Å². The summed E-state index contributed by atoms with van der Waals surface area (Å²) >= 11 is 0. The molecule has 0 heterocycles. The molecule has 1 aromatic carbocycles. The maximum absolute atomic E-state index is 11.3. The lowest BCUT2D eigenvalue weighted by molar-refractivity contribution is -0.139. The standard InChI is InChI=1S/C11H14O3S/c1-8-4-5-10(15(3)13)6-9(8)7-11(12)14-2/h4-6H,7H2,1-3H3. The third-order valence-electron chi connectivity index (χ3n) is 2.21. The van der Waals surface area contributed by atoms with Gasteiger partial charge >= 0.3 is 5.97 Å².